The topological polar surface area (TPSA) is 38.0 Å². The van der Waals surface area contributed by atoms with Gasteiger partial charge in [0, 0.05) is 23.5 Å². The minimum absolute atomic E-state index is 0.305. The third kappa shape index (κ3) is 1.34. The molecule has 1 aromatic heterocycles. The fraction of sp³-hybridized carbons (Fsp3) is 0. The van der Waals surface area contributed by atoms with Crippen LogP contribution < -0.4 is 0 Å². The van der Waals surface area contributed by atoms with Gasteiger partial charge < -0.3 is 9.67 Å². The number of imidazole rings is 1. The number of hydrogen-bond donors (Lipinski definition) is 1. The van der Waals surface area contributed by atoms with Gasteiger partial charge in [-0.05, 0) is 23.6 Å². The van der Waals surface area contributed by atoms with Crippen molar-refractivity contribution >= 4 is 10.8 Å². The number of benzene rings is 2. The smallest absolute Gasteiger partial charge is 0.123 e. The summed E-state index contributed by atoms with van der Waals surface area (Å²) in [5, 5.41) is 11.7. The van der Waals surface area contributed by atoms with Crippen LogP contribution in [-0.2, 0) is 0 Å². The number of aromatic hydroxyl groups is 1. The summed E-state index contributed by atoms with van der Waals surface area (Å²) in [6.45, 7) is 0. The van der Waals surface area contributed by atoms with E-state index in [-0.39, 0.29) is 0 Å². The second kappa shape index (κ2) is 3.38. The maximum absolute atomic E-state index is 9.77. The molecule has 2 aromatic carbocycles. The molecule has 1 heterocycles. The molecular formula is C13H10N2O. The number of hydrogen-bond acceptors (Lipinski definition) is 2. The standard InChI is InChI=1S/C13H10N2O/c16-13-3-1-2-10-4-5-11(8-12(10)13)15-7-6-14-9-15/h1-9,16H. The molecular weight excluding hydrogens is 200 g/mol. The van der Waals surface area contributed by atoms with Crippen molar-refractivity contribution in [3.05, 3.63) is 55.1 Å². The number of phenolic OH excluding ortho intramolecular Hbond substituents is 1. The molecule has 0 saturated carbocycles. The van der Waals surface area contributed by atoms with E-state index in [1.807, 2.05) is 41.1 Å². The lowest BCUT2D eigenvalue weighted by Gasteiger charge is -2.05. The van der Waals surface area contributed by atoms with Crippen LogP contribution in [0.2, 0.25) is 0 Å². The number of fused-ring (bicyclic) bond motifs is 1. The van der Waals surface area contributed by atoms with E-state index in [1.54, 1.807) is 18.6 Å². The van der Waals surface area contributed by atoms with Gasteiger partial charge in [0.1, 0.15) is 5.75 Å². The van der Waals surface area contributed by atoms with Crippen LogP contribution >= 0.6 is 0 Å². The Morgan fingerprint density at radius 2 is 2.06 bits per heavy atom. The highest BCUT2D eigenvalue weighted by Crippen LogP contribution is 2.26. The first-order valence-electron chi connectivity index (χ1n) is 5.05. The molecule has 0 atom stereocenters. The molecule has 0 saturated heterocycles. The van der Waals surface area contributed by atoms with Crippen molar-refractivity contribution in [2.75, 3.05) is 0 Å². The van der Waals surface area contributed by atoms with Crippen molar-refractivity contribution in [1.29, 1.82) is 0 Å². The highest BCUT2D eigenvalue weighted by Gasteiger charge is 2.01. The summed E-state index contributed by atoms with van der Waals surface area (Å²) in [6.07, 6.45) is 5.34. The van der Waals surface area contributed by atoms with Gasteiger partial charge in [0.05, 0.1) is 6.33 Å². The summed E-state index contributed by atoms with van der Waals surface area (Å²) >= 11 is 0. The molecule has 0 fully saturated rings. The van der Waals surface area contributed by atoms with Crippen LogP contribution in [0, 0.1) is 0 Å². The second-order valence-corrected chi connectivity index (χ2v) is 3.65. The van der Waals surface area contributed by atoms with Gasteiger partial charge in [-0.3, -0.25) is 0 Å². The maximum Gasteiger partial charge on any atom is 0.123 e. The van der Waals surface area contributed by atoms with Gasteiger partial charge in [-0.1, -0.05) is 18.2 Å². The average molecular weight is 210 g/mol. The van der Waals surface area contributed by atoms with Gasteiger partial charge in [0.25, 0.3) is 0 Å². The van der Waals surface area contributed by atoms with E-state index in [1.165, 1.54) is 0 Å². The Morgan fingerprint density at radius 3 is 2.88 bits per heavy atom. The Bertz CT molecular complexity index is 629. The molecule has 3 nitrogen and oxygen atoms in total. The lowest BCUT2D eigenvalue weighted by molar-refractivity contribution is 0.481. The van der Waals surface area contributed by atoms with Crippen molar-refractivity contribution in [2.24, 2.45) is 0 Å². The molecule has 16 heavy (non-hydrogen) atoms. The van der Waals surface area contributed by atoms with Crippen LogP contribution in [0.1, 0.15) is 0 Å². The van der Waals surface area contributed by atoms with Crippen molar-refractivity contribution in [3.8, 4) is 11.4 Å². The van der Waals surface area contributed by atoms with Crippen LogP contribution in [0.25, 0.3) is 16.5 Å². The zero-order valence-electron chi connectivity index (χ0n) is 8.54. The van der Waals surface area contributed by atoms with Crippen molar-refractivity contribution in [1.82, 2.24) is 9.55 Å². The lowest BCUT2D eigenvalue weighted by atomic mass is 10.1. The van der Waals surface area contributed by atoms with Gasteiger partial charge in [-0.2, -0.15) is 0 Å². The molecule has 0 aliphatic rings. The number of aromatic nitrogens is 2. The fourth-order valence-electron chi connectivity index (χ4n) is 1.82. The van der Waals surface area contributed by atoms with Crippen LogP contribution in [0.4, 0.5) is 0 Å². The van der Waals surface area contributed by atoms with Crippen LogP contribution in [0.15, 0.2) is 55.1 Å². The Morgan fingerprint density at radius 1 is 1.12 bits per heavy atom. The summed E-state index contributed by atoms with van der Waals surface area (Å²) in [4.78, 5) is 4.00. The zero-order chi connectivity index (χ0) is 11.0. The van der Waals surface area contributed by atoms with Crippen LogP contribution in [0.3, 0.4) is 0 Å². The van der Waals surface area contributed by atoms with Crippen LogP contribution in [0.5, 0.6) is 5.75 Å². The molecule has 0 bridgehead atoms. The predicted molar refractivity (Wildman–Crippen MR) is 62.7 cm³/mol. The van der Waals surface area contributed by atoms with E-state index in [4.69, 9.17) is 0 Å². The number of phenols is 1. The summed E-state index contributed by atoms with van der Waals surface area (Å²) in [7, 11) is 0. The first kappa shape index (κ1) is 8.97. The molecule has 3 rings (SSSR count). The molecule has 0 unspecified atom stereocenters. The average Bonchev–Trinajstić information content (AvgIpc) is 2.83. The van der Waals surface area contributed by atoms with Crippen molar-refractivity contribution < 1.29 is 5.11 Å². The van der Waals surface area contributed by atoms with Gasteiger partial charge in [0.15, 0.2) is 0 Å². The predicted octanol–water partition coefficient (Wildman–Crippen LogP) is 2.73. The minimum atomic E-state index is 0.305. The summed E-state index contributed by atoms with van der Waals surface area (Å²) < 4.78 is 1.91. The number of rotatable bonds is 1. The molecule has 0 radical (unpaired) electrons. The normalized spacial score (nSPS) is 10.8. The molecule has 0 aliphatic heterocycles. The van der Waals surface area contributed by atoms with E-state index in [9.17, 15) is 5.11 Å². The highest BCUT2D eigenvalue weighted by atomic mass is 16.3. The van der Waals surface area contributed by atoms with Gasteiger partial charge >= 0.3 is 0 Å². The van der Waals surface area contributed by atoms with Gasteiger partial charge in [0.2, 0.25) is 0 Å². The molecule has 0 spiro atoms. The SMILES string of the molecule is Oc1cccc2ccc(-n3ccnc3)cc12. The van der Waals surface area contributed by atoms with E-state index >= 15 is 0 Å². The summed E-state index contributed by atoms with van der Waals surface area (Å²) in [6, 6.07) is 11.5. The first-order valence-corrected chi connectivity index (χ1v) is 5.05. The largest absolute Gasteiger partial charge is 0.507 e. The summed E-state index contributed by atoms with van der Waals surface area (Å²) in [5.74, 6) is 0.305. The highest BCUT2D eigenvalue weighted by molar-refractivity contribution is 5.89. The molecule has 1 N–H and O–H groups in total. The first-order chi connectivity index (χ1) is 7.84. The van der Waals surface area contributed by atoms with E-state index < -0.39 is 0 Å². The molecule has 3 heteroatoms. The quantitative estimate of drug-likeness (QED) is 0.670. The Hall–Kier alpha value is -2.29. The Balaban J connectivity index is 2.27. The molecule has 3 aromatic rings. The third-order valence-corrected chi connectivity index (χ3v) is 2.65. The second-order valence-electron chi connectivity index (χ2n) is 3.65. The minimum Gasteiger partial charge on any atom is -0.507 e. The fourth-order valence-corrected chi connectivity index (χ4v) is 1.82. The van der Waals surface area contributed by atoms with E-state index in [0.717, 1.165) is 16.5 Å². The Kier molecular flexibility index (Phi) is 1.90. The van der Waals surface area contributed by atoms with E-state index in [0.29, 0.717) is 5.75 Å². The molecule has 78 valence electrons. The number of nitrogens with zero attached hydrogens (tertiary/aromatic N) is 2. The van der Waals surface area contributed by atoms with Crippen molar-refractivity contribution in [3.63, 3.8) is 0 Å². The third-order valence-electron chi connectivity index (χ3n) is 2.65. The lowest BCUT2D eigenvalue weighted by Crippen LogP contribution is -1.89. The zero-order valence-corrected chi connectivity index (χ0v) is 8.54. The maximum atomic E-state index is 9.77. The van der Waals surface area contributed by atoms with Gasteiger partial charge in [-0.15, -0.1) is 0 Å². The summed E-state index contributed by atoms with van der Waals surface area (Å²) in [5.41, 5.74) is 0.992. The van der Waals surface area contributed by atoms with Gasteiger partial charge in [-0.25, -0.2) is 4.98 Å². The molecule has 0 aliphatic carbocycles. The molecule has 0 amide bonds. The van der Waals surface area contributed by atoms with Crippen LogP contribution in [-0.4, -0.2) is 14.7 Å². The van der Waals surface area contributed by atoms with E-state index in [2.05, 4.69) is 4.98 Å². The Labute approximate surface area is 92.6 Å². The van der Waals surface area contributed by atoms with Crippen molar-refractivity contribution in [2.45, 2.75) is 0 Å². The monoisotopic (exact) mass is 210 g/mol.